The Morgan fingerprint density at radius 3 is 2.53 bits per heavy atom. The first-order chi connectivity index (χ1) is 6.93. The molecule has 1 aromatic carbocycles. The number of aliphatic hydroxyl groups is 1. The number of hydrogen-bond donors (Lipinski definition) is 2. The molecule has 0 spiro atoms. The van der Waals surface area contributed by atoms with Crippen molar-refractivity contribution in [3.63, 3.8) is 0 Å². The maximum absolute atomic E-state index is 12.3. The molecule has 0 heterocycles. The number of nitrogens with two attached hydrogens (primary N) is 1. The number of alkyl halides is 3. The minimum absolute atomic E-state index is 0.237. The van der Waals surface area contributed by atoms with Gasteiger partial charge < -0.3 is 10.8 Å². The Morgan fingerprint density at radius 2 is 2.00 bits per heavy atom. The van der Waals surface area contributed by atoms with E-state index in [1.54, 1.807) is 6.07 Å². The van der Waals surface area contributed by atoms with Crippen molar-refractivity contribution in [3.05, 3.63) is 35.4 Å². The molecule has 15 heavy (non-hydrogen) atoms. The molecule has 5 heteroatoms. The first kappa shape index (κ1) is 12.0. The molecule has 1 unspecified atom stereocenters. The van der Waals surface area contributed by atoms with Gasteiger partial charge in [0.05, 0.1) is 12.2 Å². The zero-order chi connectivity index (χ0) is 11.5. The highest BCUT2D eigenvalue weighted by Crippen LogP contribution is 2.29. The number of hydrogen-bond acceptors (Lipinski definition) is 2. The molecule has 0 radical (unpaired) electrons. The highest BCUT2D eigenvalue weighted by atomic mass is 19.4. The minimum atomic E-state index is -4.33. The minimum Gasteiger partial charge on any atom is -0.395 e. The first-order valence-electron chi connectivity index (χ1n) is 4.46. The monoisotopic (exact) mass is 219 g/mol. The van der Waals surface area contributed by atoms with Gasteiger partial charge in [-0.2, -0.15) is 13.2 Å². The van der Waals surface area contributed by atoms with Crippen molar-refractivity contribution in [2.75, 3.05) is 6.61 Å². The van der Waals surface area contributed by atoms with Crippen LogP contribution in [0.3, 0.4) is 0 Å². The second-order valence-electron chi connectivity index (χ2n) is 3.34. The van der Waals surface area contributed by atoms with Crippen molar-refractivity contribution in [3.8, 4) is 0 Å². The predicted octanol–water partition coefficient (Wildman–Crippen LogP) is 1.57. The first-order valence-corrected chi connectivity index (χ1v) is 4.46. The lowest BCUT2D eigenvalue weighted by Crippen LogP contribution is -2.26. The third-order valence-corrected chi connectivity index (χ3v) is 1.99. The van der Waals surface area contributed by atoms with Crippen molar-refractivity contribution in [1.82, 2.24) is 0 Å². The molecule has 0 aliphatic rings. The van der Waals surface area contributed by atoms with Crippen LogP contribution in [0.2, 0.25) is 0 Å². The molecule has 0 fully saturated rings. The van der Waals surface area contributed by atoms with E-state index in [2.05, 4.69) is 0 Å². The number of halogens is 3. The van der Waals surface area contributed by atoms with Gasteiger partial charge in [-0.25, -0.2) is 0 Å². The van der Waals surface area contributed by atoms with Gasteiger partial charge >= 0.3 is 6.18 Å². The van der Waals surface area contributed by atoms with Gasteiger partial charge in [-0.05, 0) is 18.1 Å². The molecule has 1 rings (SSSR count). The number of benzene rings is 1. The molecule has 1 atom stereocenters. The standard InChI is InChI=1S/C10H12F3NO/c11-10(12,13)8-3-1-2-7(4-8)5-9(14)6-15/h1-4,9,15H,5-6,14H2. The Balaban J connectivity index is 2.84. The van der Waals surface area contributed by atoms with Crippen LogP contribution in [0.15, 0.2) is 24.3 Å². The molecule has 0 aliphatic carbocycles. The van der Waals surface area contributed by atoms with Gasteiger partial charge in [-0.15, -0.1) is 0 Å². The van der Waals surface area contributed by atoms with E-state index in [1.165, 1.54) is 6.07 Å². The molecule has 0 amide bonds. The summed E-state index contributed by atoms with van der Waals surface area (Å²) in [6, 6.07) is 4.43. The lowest BCUT2D eigenvalue weighted by atomic mass is 10.0. The Hall–Kier alpha value is -1.07. The van der Waals surface area contributed by atoms with E-state index in [0.29, 0.717) is 5.56 Å². The molecule has 2 nitrogen and oxygen atoms in total. The molecule has 1 aromatic rings. The van der Waals surface area contributed by atoms with Crippen LogP contribution in [-0.2, 0) is 12.6 Å². The Morgan fingerprint density at radius 1 is 1.33 bits per heavy atom. The average molecular weight is 219 g/mol. The summed E-state index contributed by atoms with van der Waals surface area (Å²) in [6.07, 6.45) is -4.10. The summed E-state index contributed by atoms with van der Waals surface area (Å²) in [4.78, 5) is 0. The van der Waals surface area contributed by atoms with E-state index in [4.69, 9.17) is 10.8 Å². The fraction of sp³-hybridized carbons (Fsp3) is 0.400. The Bertz CT molecular complexity index is 325. The van der Waals surface area contributed by atoms with Gasteiger partial charge in [0.2, 0.25) is 0 Å². The van der Waals surface area contributed by atoms with Gasteiger partial charge in [0.1, 0.15) is 0 Å². The average Bonchev–Trinajstić information content (AvgIpc) is 2.17. The van der Waals surface area contributed by atoms with E-state index in [9.17, 15) is 13.2 Å². The second-order valence-corrected chi connectivity index (χ2v) is 3.34. The van der Waals surface area contributed by atoms with Crippen LogP contribution in [0, 0.1) is 0 Å². The van der Waals surface area contributed by atoms with E-state index in [-0.39, 0.29) is 13.0 Å². The van der Waals surface area contributed by atoms with Gasteiger partial charge in [0, 0.05) is 6.04 Å². The van der Waals surface area contributed by atoms with Crippen LogP contribution in [0.25, 0.3) is 0 Å². The largest absolute Gasteiger partial charge is 0.416 e. The smallest absolute Gasteiger partial charge is 0.395 e. The zero-order valence-electron chi connectivity index (χ0n) is 7.96. The van der Waals surface area contributed by atoms with Crippen molar-refractivity contribution in [1.29, 1.82) is 0 Å². The van der Waals surface area contributed by atoms with Crippen molar-refractivity contribution >= 4 is 0 Å². The third-order valence-electron chi connectivity index (χ3n) is 1.99. The van der Waals surface area contributed by atoms with Crippen LogP contribution < -0.4 is 5.73 Å². The normalized spacial score (nSPS) is 13.9. The summed E-state index contributed by atoms with van der Waals surface area (Å²) >= 11 is 0. The summed E-state index contributed by atoms with van der Waals surface area (Å²) in [7, 11) is 0. The van der Waals surface area contributed by atoms with Crippen molar-refractivity contribution < 1.29 is 18.3 Å². The molecular formula is C10H12F3NO. The summed E-state index contributed by atoms with van der Waals surface area (Å²) in [5, 5.41) is 8.68. The molecule has 0 saturated carbocycles. The van der Waals surface area contributed by atoms with Gasteiger partial charge in [-0.3, -0.25) is 0 Å². The van der Waals surface area contributed by atoms with Gasteiger partial charge in [0.25, 0.3) is 0 Å². The Labute approximate surface area is 85.5 Å². The lowest BCUT2D eigenvalue weighted by molar-refractivity contribution is -0.137. The van der Waals surface area contributed by atoms with Crippen LogP contribution in [-0.4, -0.2) is 17.8 Å². The fourth-order valence-corrected chi connectivity index (χ4v) is 1.24. The second kappa shape index (κ2) is 4.63. The molecule has 84 valence electrons. The fourth-order valence-electron chi connectivity index (χ4n) is 1.24. The quantitative estimate of drug-likeness (QED) is 0.810. The van der Waals surface area contributed by atoms with Crippen LogP contribution in [0.4, 0.5) is 13.2 Å². The van der Waals surface area contributed by atoms with Gasteiger partial charge in [0.15, 0.2) is 0 Å². The molecule has 0 aliphatic heterocycles. The summed E-state index contributed by atoms with van der Waals surface area (Å²) in [6.45, 7) is -0.240. The molecule has 3 N–H and O–H groups in total. The highest BCUT2D eigenvalue weighted by molar-refractivity contribution is 5.26. The van der Waals surface area contributed by atoms with Gasteiger partial charge in [-0.1, -0.05) is 18.2 Å². The maximum atomic E-state index is 12.3. The van der Waals surface area contributed by atoms with Crippen LogP contribution >= 0.6 is 0 Å². The Kier molecular flexibility index (Phi) is 3.71. The van der Waals surface area contributed by atoms with E-state index < -0.39 is 17.8 Å². The maximum Gasteiger partial charge on any atom is 0.416 e. The SMILES string of the molecule is NC(CO)Cc1cccc(C(F)(F)F)c1. The molecular weight excluding hydrogens is 207 g/mol. The highest BCUT2D eigenvalue weighted by Gasteiger charge is 2.30. The lowest BCUT2D eigenvalue weighted by Gasteiger charge is -2.11. The summed E-state index contributed by atoms with van der Waals surface area (Å²) in [5.74, 6) is 0. The van der Waals surface area contributed by atoms with Crippen LogP contribution in [0.5, 0.6) is 0 Å². The summed E-state index contributed by atoms with van der Waals surface area (Å²) in [5.41, 5.74) is 5.22. The van der Waals surface area contributed by atoms with Crippen molar-refractivity contribution in [2.24, 2.45) is 5.73 Å². The van der Waals surface area contributed by atoms with Crippen LogP contribution in [0.1, 0.15) is 11.1 Å². The number of rotatable bonds is 3. The predicted molar refractivity (Wildman–Crippen MR) is 50.2 cm³/mol. The van der Waals surface area contributed by atoms with E-state index >= 15 is 0 Å². The number of aliphatic hydroxyl groups excluding tert-OH is 1. The zero-order valence-corrected chi connectivity index (χ0v) is 7.96. The third kappa shape index (κ3) is 3.53. The van der Waals surface area contributed by atoms with E-state index in [0.717, 1.165) is 12.1 Å². The molecule has 0 aromatic heterocycles. The molecule has 0 saturated heterocycles. The topological polar surface area (TPSA) is 46.2 Å². The molecule has 0 bridgehead atoms. The summed E-state index contributed by atoms with van der Waals surface area (Å²) < 4.78 is 36.9. The van der Waals surface area contributed by atoms with E-state index in [1.807, 2.05) is 0 Å². The van der Waals surface area contributed by atoms with Crippen molar-refractivity contribution in [2.45, 2.75) is 18.6 Å².